The van der Waals surface area contributed by atoms with Crippen molar-refractivity contribution in [1.29, 1.82) is 0 Å². The molecule has 0 saturated carbocycles. The number of rotatable bonds is 4. The Kier molecular flexibility index (Phi) is 2.91. The van der Waals surface area contributed by atoms with E-state index in [4.69, 9.17) is 4.52 Å². The number of aromatic amines is 1. The fraction of sp³-hybridized carbons (Fsp3) is 0.200. The van der Waals surface area contributed by atoms with Crippen molar-refractivity contribution in [3.05, 3.63) is 53.5 Å². The van der Waals surface area contributed by atoms with E-state index in [0.717, 1.165) is 16.8 Å². The molecule has 0 aliphatic heterocycles. The molecule has 2 heterocycles. The summed E-state index contributed by atoms with van der Waals surface area (Å²) in [6.07, 6.45) is 3.06. The topological polar surface area (TPSA) is 58.9 Å². The van der Waals surface area contributed by atoms with Crippen LogP contribution in [0.5, 0.6) is 0 Å². The zero-order chi connectivity index (χ0) is 13.2. The molecule has 96 valence electrons. The number of benzene rings is 1. The second-order valence-electron chi connectivity index (χ2n) is 4.65. The molecule has 4 nitrogen and oxygen atoms in total. The molecule has 0 atom stereocenters. The van der Waals surface area contributed by atoms with Crippen LogP contribution in [0, 0.1) is 6.92 Å². The lowest BCUT2D eigenvalue weighted by molar-refractivity contribution is 0.0947. The van der Waals surface area contributed by atoms with E-state index in [0.29, 0.717) is 18.6 Å². The van der Waals surface area contributed by atoms with Gasteiger partial charge in [-0.25, -0.2) is 0 Å². The summed E-state index contributed by atoms with van der Waals surface area (Å²) in [4.78, 5) is 15.1. The van der Waals surface area contributed by atoms with Crippen molar-refractivity contribution < 1.29 is 9.32 Å². The standard InChI is InChI=1S/C15H14N2O2/c1-10-8-15(19-17-10)14(18)5-3-11-2-4-13-12(9-11)6-7-16-13/h2,4,6-9,16H,3,5H2,1H3. The number of nitrogens with one attached hydrogen (secondary N) is 1. The van der Waals surface area contributed by atoms with Crippen molar-refractivity contribution in [3.8, 4) is 0 Å². The van der Waals surface area contributed by atoms with Crippen LogP contribution in [0.3, 0.4) is 0 Å². The number of H-pyrrole nitrogens is 1. The molecular formula is C15H14N2O2. The molecule has 0 aliphatic rings. The molecule has 1 aromatic carbocycles. The molecule has 0 amide bonds. The normalized spacial score (nSPS) is 11.0. The number of aromatic nitrogens is 2. The summed E-state index contributed by atoms with van der Waals surface area (Å²) in [5.74, 6) is 0.343. The van der Waals surface area contributed by atoms with Crippen molar-refractivity contribution in [2.75, 3.05) is 0 Å². The minimum absolute atomic E-state index is 0.00485. The Bertz CT molecular complexity index is 724. The van der Waals surface area contributed by atoms with Crippen LogP contribution in [0.2, 0.25) is 0 Å². The molecule has 4 heteroatoms. The minimum Gasteiger partial charge on any atom is -0.361 e. The predicted octanol–water partition coefficient (Wildman–Crippen LogP) is 3.28. The molecule has 0 fully saturated rings. The van der Waals surface area contributed by atoms with Crippen LogP contribution in [-0.4, -0.2) is 15.9 Å². The first kappa shape index (κ1) is 11.7. The van der Waals surface area contributed by atoms with E-state index in [1.54, 1.807) is 13.0 Å². The summed E-state index contributed by atoms with van der Waals surface area (Å²) in [5, 5.41) is 4.89. The molecule has 2 aromatic heterocycles. The van der Waals surface area contributed by atoms with Crippen LogP contribution < -0.4 is 0 Å². The molecule has 0 aliphatic carbocycles. The number of Topliss-reactive ketones (excluding diaryl/α,β-unsaturated/α-hetero) is 1. The Morgan fingerprint density at radius 3 is 3.00 bits per heavy atom. The lowest BCUT2D eigenvalue weighted by Gasteiger charge is -2.00. The predicted molar refractivity (Wildman–Crippen MR) is 72.2 cm³/mol. The molecule has 19 heavy (non-hydrogen) atoms. The summed E-state index contributed by atoms with van der Waals surface area (Å²) < 4.78 is 4.97. The van der Waals surface area contributed by atoms with E-state index in [1.165, 1.54) is 5.39 Å². The Morgan fingerprint density at radius 1 is 1.32 bits per heavy atom. The number of hydrogen-bond donors (Lipinski definition) is 1. The Labute approximate surface area is 110 Å². The summed E-state index contributed by atoms with van der Waals surface area (Å²) in [6, 6.07) is 9.88. The molecule has 0 bridgehead atoms. The van der Waals surface area contributed by atoms with Crippen molar-refractivity contribution in [2.24, 2.45) is 0 Å². The van der Waals surface area contributed by atoms with Crippen LogP contribution in [-0.2, 0) is 6.42 Å². The zero-order valence-electron chi connectivity index (χ0n) is 10.6. The van der Waals surface area contributed by atoms with Gasteiger partial charge in [0, 0.05) is 24.2 Å². The van der Waals surface area contributed by atoms with Crippen LogP contribution in [0.25, 0.3) is 10.9 Å². The monoisotopic (exact) mass is 254 g/mol. The first-order valence-electron chi connectivity index (χ1n) is 6.25. The van der Waals surface area contributed by atoms with E-state index in [1.807, 2.05) is 24.4 Å². The van der Waals surface area contributed by atoms with Crippen LogP contribution in [0.4, 0.5) is 0 Å². The maximum absolute atomic E-state index is 11.9. The summed E-state index contributed by atoms with van der Waals surface area (Å²) >= 11 is 0. The Hall–Kier alpha value is -2.36. The minimum atomic E-state index is -0.00485. The molecule has 3 rings (SSSR count). The molecule has 1 N–H and O–H groups in total. The Balaban J connectivity index is 1.70. The number of carbonyl (C=O) groups is 1. The highest BCUT2D eigenvalue weighted by Crippen LogP contribution is 2.16. The van der Waals surface area contributed by atoms with Crippen molar-refractivity contribution in [1.82, 2.24) is 10.1 Å². The van der Waals surface area contributed by atoms with Crippen molar-refractivity contribution >= 4 is 16.7 Å². The highest BCUT2D eigenvalue weighted by Gasteiger charge is 2.11. The second-order valence-corrected chi connectivity index (χ2v) is 4.65. The fourth-order valence-electron chi connectivity index (χ4n) is 2.13. The highest BCUT2D eigenvalue weighted by molar-refractivity contribution is 5.93. The third kappa shape index (κ3) is 2.42. The largest absolute Gasteiger partial charge is 0.361 e. The third-order valence-electron chi connectivity index (χ3n) is 3.16. The first-order chi connectivity index (χ1) is 9.22. The molecule has 0 saturated heterocycles. The van der Waals surface area contributed by atoms with Gasteiger partial charge in [0.15, 0.2) is 0 Å². The SMILES string of the molecule is Cc1cc(C(=O)CCc2ccc3[nH]ccc3c2)on1. The molecule has 0 radical (unpaired) electrons. The van der Waals surface area contributed by atoms with Gasteiger partial charge in [0.1, 0.15) is 0 Å². The smallest absolute Gasteiger partial charge is 0.202 e. The van der Waals surface area contributed by atoms with Gasteiger partial charge in [-0.05, 0) is 42.5 Å². The number of nitrogens with zero attached hydrogens (tertiary/aromatic N) is 1. The van der Waals surface area contributed by atoms with Gasteiger partial charge in [-0.3, -0.25) is 4.79 Å². The quantitative estimate of drug-likeness (QED) is 0.727. The van der Waals surface area contributed by atoms with E-state index < -0.39 is 0 Å². The van der Waals surface area contributed by atoms with Gasteiger partial charge < -0.3 is 9.51 Å². The van der Waals surface area contributed by atoms with Gasteiger partial charge in [0.25, 0.3) is 0 Å². The summed E-state index contributed by atoms with van der Waals surface area (Å²) in [7, 11) is 0. The average Bonchev–Trinajstić information content (AvgIpc) is 3.03. The number of ketones is 1. The lowest BCUT2D eigenvalue weighted by atomic mass is 10.0. The van der Waals surface area contributed by atoms with Crippen LogP contribution >= 0.6 is 0 Å². The number of aryl methyl sites for hydroxylation is 2. The highest BCUT2D eigenvalue weighted by atomic mass is 16.5. The maximum atomic E-state index is 11.9. The maximum Gasteiger partial charge on any atom is 0.202 e. The molecular weight excluding hydrogens is 240 g/mol. The number of carbonyl (C=O) groups excluding carboxylic acids is 1. The first-order valence-corrected chi connectivity index (χ1v) is 6.25. The van der Waals surface area contributed by atoms with Gasteiger partial charge >= 0.3 is 0 Å². The average molecular weight is 254 g/mol. The van der Waals surface area contributed by atoms with E-state index in [2.05, 4.69) is 16.2 Å². The lowest BCUT2D eigenvalue weighted by Crippen LogP contribution is -1.99. The Morgan fingerprint density at radius 2 is 2.21 bits per heavy atom. The molecule has 3 aromatic rings. The van der Waals surface area contributed by atoms with Gasteiger partial charge in [-0.1, -0.05) is 11.2 Å². The van der Waals surface area contributed by atoms with Gasteiger partial charge in [-0.2, -0.15) is 0 Å². The van der Waals surface area contributed by atoms with Crippen molar-refractivity contribution in [2.45, 2.75) is 19.8 Å². The summed E-state index contributed by atoms with van der Waals surface area (Å²) in [6.45, 7) is 1.81. The van der Waals surface area contributed by atoms with Crippen molar-refractivity contribution in [3.63, 3.8) is 0 Å². The van der Waals surface area contributed by atoms with Gasteiger partial charge in [0.05, 0.1) is 5.69 Å². The summed E-state index contributed by atoms with van der Waals surface area (Å²) in [5.41, 5.74) is 3.00. The number of fused-ring (bicyclic) bond motifs is 1. The second kappa shape index (κ2) is 4.72. The van der Waals surface area contributed by atoms with Gasteiger partial charge in [-0.15, -0.1) is 0 Å². The molecule has 0 spiro atoms. The van der Waals surface area contributed by atoms with Gasteiger partial charge in [0.2, 0.25) is 11.5 Å². The van der Waals surface area contributed by atoms with Crippen LogP contribution in [0.15, 0.2) is 41.1 Å². The molecule has 0 unspecified atom stereocenters. The fourth-order valence-corrected chi connectivity index (χ4v) is 2.13. The van der Waals surface area contributed by atoms with E-state index in [-0.39, 0.29) is 5.78 Å². The zero-order valence-corrected chi connectivity index (χ0v) is 10.6. The van der Waals surface area contributed by atoms with E-state index >= 15 is 0 Å². The third-order valence-corrected chi connectivity index (χ3v) is 3.16. The number of hydrogen-bond acceptors (Lipinski definition) is 3. The van der Waals surface area contributed by atoms with E-state index in [9.17, 15) is 4.79 Å². The van der Waals surface area contributed by atoms with Crippen LogP contribution in [0.1, 0.15) is 28.2 Å².